The highest BCUT2D eigenvalue weighted by molar-refractivity contribution is 4.55. The molecule has 0 spiro atoms. The summed E-state index contributed by atoms with van der Waals surface area (Å²) in [6.07, 6.45) is 4.93. The van der Waals surface area contributed by atoms with E-state index < -0.39 is 0 Å². The van der Waals surface area contributed by atoms with E-state index in [1.54, 1.807) is 7.11 Å². The Morgan fingerprint density at radius 3 is 2.27 bits per heavy atom. The Labute approximate surface area is 94.2 Å². The summed E-state index contributed by atoms with van der Waals surface area (Å²) in [5.41, 5.74) is 0. The molecule has 0 fully saturated rings. The van der Waals surface area contributed by atoms with Gasteiger partial charge in [-0.1, -0.05) is 6.92 Å². The minimum atomic E-state index is 0.311. The summed E-state index contributed by atoms with van der Waals surface area (Å²) in [4.78, 5) is 0. The summed E-state index contributed by atoms with van der Waals surface area (Å²) in [5, 5.41) is 12.2. The van der Waals surface area contributed by atoms with Crippen LogP contribution in [0.25, 0.3) is 0 Å². The number of aliphatic hydroxyl groups excluding tert-OH is 1. The van der Waals surface area contributed by atoms with Crippen molar-refractivity contribution < 1.29 is 9.84 Å². The van der Waals surface area contributed by atoms with Crippen molar-refractivity contribution in [2.24, 2.45) is 5.92 Å². The van der Waals surface area contributed by atoms with Crippen LogP contribution in [-0.2, 0) is 4.74 Å². The third-order valence-electron chi connectivity index (χ3n) is 2.73. The Hall–Kier alpha value is -0.120. The summed E-state index contributed by atoms with van der Waals surface area (Å²) < 4.78 is 5.17. The minimum absolute atomic E-state index is 0.311. The number of methoxy groups -OCH3 is 1. The highest BCUT2D eigenvalue weighted by atomic mass is 16.5. The molecule has 0 radical (unpaired) electrons. The predicted molar refractivity (Wildman–Crippen MR) is 64.1 cm³/mol. The van der Waals surface area contributed by atoms with Crippen LogP contribution in [0.1, 0.15) is 39.5 Å². The molecule has 0 rings (SSSR count). The monoisotopic (exact) mass is 217 g/mol. The second-order valence-electron chi connectivity index (χ2n) is 4.37. The molecule has 0 aromatic rings. The van der Waals surface area contributed by atoms with Crippen molar-refractivity contribution in [3.8, 4) is 0 Å². The molecule has 3 heteroatoms. The van der Waals surface area contributed by atoms with Crippen LogP contribution < -0.4 is 5.32 Å². The fourth-order valence-electron chi connectivity index (χ4n) is 1.42. The minimum Gasteiger partial charge on any atom is -0.396 e. The van der Waals surface area contributed by atoms with Crippen LogP contribution in [0, 0.1) is 5.92 Å². The summed E-state index contributed by atoms with van der Waals surface area (Å²) in [5.74, 6) is 0.445. The maximum absolute atomic E-state index is 8.83. The van der Waals surface area contributed by atoms with Gasteiger partial charge in [0.25, 0.3) is 0 Å². The molecular formula is C12H27NO2. The maximum Gasteiger partial charge on any atom is 0.0543 e. The topological polar surface area (TPSA) is 41.5 Å². The van der Waals surface area contributed by atoms with Crippen molar-refractivity contribution in [1.29, 1.82) is 0 Å². The molecule has 0 aromatic carbocycles. The van der Waals surface area contributed by atoms with Crippen molar-refractivity contribution in [1.82, 2.24) is 5.32 Å². The Morgan fingerprint density at radius 2 is 1.73 bits per heavy atom. The van der Waals surface area contributed by atoms with Crippen LogP contribution >= 0.6 is 0 Å². The molecule has 0 aliphatic heterocycles. The van der Waals surface area contributed by atoms with Gasteiger partial charge in [-0.15, -0.1) is 0 Å². The lowest BCUT2D eigenvalue weighted by Crippen LogP contribution is -2.19. The zero-order chi connectivity index (χ0) is 11.5. The van der Waals surface area contributed by atoms with Crippen molar-refractivity contribution in [2.45, 2.75) is 45.6 Å². The van der Waals surface area contributed by atoms with Crippen LogP contribution in [-0.4, -0.2) is 38.0 Å². The molecule has 0 saturated carbocycles. The van der Waals surface area contributed by atoms with Gasteiger partial charge in [0.1, 0.15) is 0 Å². The third kappa shape index (κ3) is 10.2. The molecule has 0 heterocycles. The predicted octanol–water partition coefficient (Wildman–Crippen LogP) is 1.80. The second kappa shape index (κ2) is 10.4. The van der Waals surface area contributed by atoms with E-state index in [9.17, 15) is 0 Å². The third-order valence-corrected chi connectivity index (χ3v) is 2.73. The molecule has 15 heavy (non-hydrogen) atoms. The molecule has 2 N–H and O–H groups in total. The normalized spacial score (nSPS) is 15.2. The van der Waals surface area contributed by atoms with Gasteiger partial charge < -0.3 is 15.2 Å². The summed E-state index contributed by atoms with van der Waals surface area (Å²) in [6, 6.07) is 0. The van der Waals surface area contributed by atoms with Gasteiger partial charge in [-0.25, -0.2) is 0 Å². The first kappa shape index (κ1) is 14.9. The van der Waals surface area contributed by atoms with E-state index in [-0.39, 0.29) is 0 Å². The van der Waals surface area contributed by atoms with Gasteiger partial charge in [-0.05, 0) is 51.6 Å². The van der Waals surface area contributed by atoms with Crippen LogP contribution in [0.5, 0.6) is 0 Å². The number of hydrogen-bond acceptors (Lipinski definition) is 3. The molecule has 92 valence electrons. The van der Waals surface area contributed by atoms with E-state index in [4.69, 9.17) is 9.84 Å². The van der Waals surface area contributed by atoms with Gasteiger partial charge in [0.15, 0.2) is 0 Å². The Balaban J connectivity index is 3.05. The summed E-state index contributed by atoms with van der Waals surface area (Å²) in [7, 11) is 1.76. The lowest BCUT2D eigenvalue weighted by molar-refractivity contribution is 0.109. The van der Waals surface area contributed by atoms with Crippen LogP contribution in [0.3, 0.4) is 0 Å². The lowest BCUT2D eigenvalue weighted by atomic mass is 10.1. The SMILES string of the molecule is COC(C)CCCNCCCC(C)CO. The van der Waals surface area contributed by atoms with Gasteiger partial charge in [-0.2, -0.15) is 0 Å². The average molecular weight is 217 g/mol. The van der Waals surface area contributed by atoms with E-state index in [0.717, 1.165) is 32.4 Å². The largest absolute Gasteiger partial charge is 0.396 e. The number of hydrogen-bond donors (Lipinski definition) is 2. The number of nitrogens with one attached hydrogen (secondary N) is 1. The number of rotatable bonds is 10. The first-order valence-corrected chi connectivity index (χ1v) is 6.05. The van der Waals surface area contributed by atoms with Crippen molar-refractivity contribution in [2.75, 3.05) is 26.8 Å². The highest BCUT2D eigenvalue weighted by Gasteiger charge is 2.00. The molecule has 0 saturated heterocycles. The van der Waals surface area contributed by atoms with Crippen LogP contribution in [0.4, 0.5) is 0 Å². The lowest BCUT2D eigenvalue weighted by Gasteiger charge is -2.10. The van der Waals surface area contributed by atoms with E-state index in [0.29, 0.717) is 18.6 Å². The van der Waals surface area contributed by atoms with Gasteiger partial charge in [0.05, 0.1) is 6.10 Å². The Bertz CT molecular complexity index is 117. The van der Waals surface area contributed by atoms with Crippen LogP contribution in [0.15, 0.2) is 0 Å². The Kier molecular flexibility index (Phi) is 10.3. The molecule has 3 nitrogen and oxygen atoms in total. The summed E-state index contributed by atoms with van der Waals surface area (Å²) >= 11 is 0. The second-order valence-corrected chi connectivity index (χ2v) is 4.37. The van der Waals surface area contributed by atoms with Crippen molar-refractivity contribution >= 4 is 0 Å². The van der Waals surface area contributed by atoms with E-state index in [1.165, 1.54) is 6.42 Å². The van der Waals surface area contributed by atoms with E-state index in [1.807, 2.05) is 0 Å². The smallest absolute Gasteiger partial charge is 0.0543 e. The fourth-order valence-corrected chi connectivity index (χ4v) is 1.42. The van der Waals surface area contributed by atoms with Gasteiger partial charge in [-0.3, -0.25) is 0 Å². The molecule has 0 aromatic heterocycles. The molecule has 0 bridgehead atoms. The van der Waals surface area contributed by atoms with Gasteiger partial charge >= 0.3 is 0 Å². The standard InChI is InChI=1S/C12H27NO2/c1-11(10-14)6-4-8-13-9-5-7-12(2)15-3/h11-14H,4-10H2,1-3H3. The molecule has 0 aliphatic rings. The van der Waals surface area contributed by atoms with Crippen LogP contribution in [0.2, 0.25) is 0 Å². The van der Waals surface area contributed by atoms with Gasteiger partial charge in [0, 0.05) is 13.7 Å². The molecule has 0 amide bonds. The quantitative estimate of drug-likeness (QED) is 0.548. The van der Waals surface area contributed by atoms with E-state index in [2.05, 4.69) is 19.2 Å². The first-order chi connectivity index (χ1) is 7.20. The molecule has 2 unspecified atom stereocenters. The highest BCUT2D eigenvalue weighted by Crippen LogP contribution is 2.03. The molecule has 0 aliphatic carbocycles. The maximum atomic E-state index is 8.83. The average Bonchev–Trinajstić information content (AvgIpc) is 2.26. The number of aliphatic hydroxyl groups is 1. The first-order valence-electron chi connectivity index (χ1n) is 6.05. The van der Waals surface area contributed by atoms with Crippen molar-refractivity contribution in [3.63, 3.8) is 0 Å². The van der Waals surface area contributed by atoms with Gasteiger partial charge in [0.2, 0.25) is 0 Å². The summed E-state index contributed by atoms with van der Waals surface area (Å²) in [6.45, 7) is 6.63. The van der Waals surface area contributed by atoms with Crippen molar-refractivity contribution in [3.05, 3.63) is 0 Å². The number of ether oxygens (including phenoxy) is 1. The molecular weight excluding hydrogens is 190 g/mol. The molecule has 2 atom stereocenters. The van der Waals surface area contributed by atoms with E-state index >= 15 is 0 Å². The fraction of sp³-hybridized carbons (Fsp3) is 1.00. The zero-order valence-corrected chi connectivity index (χ0v) is 10.5. The zero-order valence-electron chi connectivity index (χ0n) is 10.5. The Morgan fingerprint density at radius 1 is 1.13 bits per heavy atom.